The van der Waals surface area contributed by atoms with Crippen LogP contribution in [-0.4, -0.2) is 41.1 Å². The van der Waals surface area contributed by atoms with Gasteiger partial charge in [0.25, 0.3) is 0 Å². The molecular formula is C11H16N4O2S. The molecular weight excluding hydrogens is 252 g/mol. The first-order valence-corrected chi connectivity index (χ1v) is 7.71. The summed E-state index contributed by atoms with van der Waals surface area (Å²) in [6.07, 6.45) is 3.12. The molecule has 2 aromatic heterocycles. The summed E-state index contributed by atoms with van der Waals surface area (Å²) in [4.78, 5) is 0. The lowest BCUT2D eigenvalue weighted by Gasteiger charge is -2.11. The van der Waals surface area contributed by atoms with Crippen LogP contribution in [0.15, 0.2) is 24.4 Å². The highest BCUT2D eigenvalue weighted by Gasteiger charge is 2.11. The molecule has 0 aromatic carbocycles. The van der Waals surface area contributed by atoms with Crippen molar-refractivity contribution in [3.8, 4) is 0 Å². The molecule has 1 N–H and O–H groups in total. The minimum absolute atomic E-state index is 0.115. The molecule has 1 atom stereocenters. The second-order valence-corrected chi connectivity index (χ2v) is 6.60. The molecule has 0 aliphatic heterocycles. The number of sulfone groups is 1. The van der Waals surface area contributed by atoms with Gasteiger partial charge in [-0.2, -0.15) is 0 Å². The van der Waals surface area contributed by atoms with E-state index < -0.39 is 9.84 Å². The summed E-state index contributed by atoms with van der Waals surface area (Å²) in [5, 5.41) is 11.2. The molecule has 2 aromatic rings. The average Bonchev–Trinajstić information content (AvgIpc) is 2.67. The third-order valence-corrected chi connectivity index (χ3v) is 3.65. The summed E-state index contributed by atoms with van der Waals surface area (Å²) < 4.78 is 24.2. The summed E-state index contributed by atoms with van der Waals surface area (Å²) in [6.45, 7) is 2.33. The first-order valence-electron chi connectivity index (χ1n) is 5.65. The van der Waals surface area contributed by atoms with Crippen molar-refractivity contribution in [3.63, 3.8) is 0 Å². The van der Waals surface area contributed by atoms with E-state index >= 15 is 0 Å². The van der Waals surface area contributed by atoms with Crippen LogP contribution in [0.25, 0.3) is 5.65 Å². The fourth-order valence-electron chi connectivity index (χ4n) is 1.79. The molecule has 0 fully saturated rings. The first kappa shape index (κ1) is 13.0. The van der Waals surface area contributed by atoms with E-state index in [1.165, 1.54) is 6.26 Å². The Kier molecular flexibility index (Phi) is 3.63. The Morgan fingerprint density at radius 1 is 1.39 bits per heavy atom. The molecule has 0 aliphatic carbocycles. The van der Waals surface area contributed by atoms with Crippen LogP contribution in [0.1, 0.15) is 12.7 Å². The molecule has 7 heteroatoms. The first-order chi connectivity index (χ1) is 8.46. The second kappa shape index (κ2) is 5.03. The Morgan fingerprint density at radius 3 is 2.89 bits per heavy atom. The van der Waals surface area contributed by atoms with Crippen LogP contribution in [0.5, 0.6) is 0 Å². The highest BCUT2D eigenvalue weighted by molar-refractivity contribution is 7.90. The van der Waals surface area contributed by atoms with Gasteiger partial charge in [-0.1, -0.05) is 6.07 Å². The van der Waals surface area contributed by atoms with Gasteiger partial charge in [-0.15, -0.1) is 10.2 Å². The van der Waals surface area contributed by atoms with Crippen LogP contribution in [0.2, 0.25) is 0 Å². The molecule has 0 amide bonds. The lowest BCUT2D eigenvalue weighted by molar-refractivity contribution is 0.550. The van der Waals surface area contributed by atoms with E-state index in [-0.39, 0.29) is 11.8 Å². The Hall–Kier alpha value is -1.47. The van der Waals surface area contributed by atoms with Gasteiger partial charge in [-0.05, 0) is 19.1 Å². The van der Waals surface area contributed by atoms with Gasteiger partial charge in [0, 0.05) is 18.5 Å². The maximum atomic E-state index is 11.1. The number of fused-ring (bicyclic) bond motifs is 1. The standard InChI is InChI=1S/C11H16N4O2S/c1-9(8-18(2,16)17)12-7-11-14-13-10-5-3-4-6-15(10)11/h3-6,9,12H,7-8H2,1-2H3. The van der Waals surface area contributed by atoms with E-state index in [9.17, 15) is 8.42 Å². The number of pyridine rings is 1. The van der Waals surface area contributed by atoms with E-state index in [0.717, 1.165) is 11.5 Å². The monoisotopic (exact) mass is 268 g/mol. The maximum Gasteiger partial charge on any atom is 0.160 e. The number of nitrogens with one attached hydrogen (secondary N) is 1. The SMILES string of the molecule is CC(CS(C)(=O)=O)NCc1nnc2ccccn12. The van der Waals surface area contributed by atoms with Gasteiger partial charge in [0.1, 0.15) is 9.84 Å². The minimum Gasteiger partial charge on any atom is -0.306 e. The van der Waals surface area contributed by atoms with Crippen molar-refractivity contribution < 1.29 is 8.42 Å². The molecule has 18 heavy (non-hydrogen) atoms. The number of nitrogens with zero attached hydrogens (tertiary/aromatic N) is 3. The Balaban J connectivity index is 2.02. The fraction of sp³-hybridized carbons (Fsp3) is 0.455. The van der Waals surface area contributed by atoms with E-state index in [0.29, 0.717) is 6.54 Å². The van der Waals surface area contributed by atoms with Crippen LogP contribution in [-0.2, 0) is 16.4 Å². The van der Waals surface area contributed by atoms with E-state index in [2.05, 4.69) is 15.5 Å². The van der Waals surface area contributed by atoms with Crippen molar-refractivity contribution in [3.05, 3.63) is 30.2 Å². The molecule has 0 spiro atoms. The van der Waals surface area contributed by atoms with Gasteiger partial charge < -0.3 is 5.32 Å². The molecule has 0 aliphatic rings. The predicted molar refractivity (Wildman–Crippen MR) is 69.0 cm³/mol. The second-order valence-electron chi connectivity index (χ2n) is 4.42. The summed E-state index contributed by atoms with van der Waals surface area (Å²) in [6, 6.07) is 5.56. The van der Waals surface area contributed by atoms with Crippen LogP contribution >= 0.6 is 0 Å². The van der Waals surface area contributed by atoms with Crippen molar-refractivity contribution in [2.75, 3.05) is 12.0 Å². The zero-order valence-corrected chi connectivity index (χ0v) is 11.2. The van der Waals surface area contributed by atoms with E-state index in [1.54, 1.807) is 0 Å². The number of hydrogen-bond acceptors (Lipinski definition) is 5. The van der Waals surface area contributed by atoms with E-state index in [1.807, 2.05) is 35.7 Å². The quantitative estimate of drug-likeness (QED) is 0.841. The molecule has 0 saturated heterocycles. The van der Waals surface area contributed by atoms with Crippen molar-refractivity contribution in [2.24, 2.45) is 0 Å². The molecule has 2 rings (SSSR count). The molecule has 0 bridgehead atoms. The normalized spacial score (nSPS) is 13.9. The highest BCUT2D eigenvalue weighted by Crippen LogP contribution is 2.03. The Labute approximate surface area is 106 Å². The highest BCUT2D eigenvalue weighted by atomic mass is 32.2. The predicted octanol–water partition coefficient (Wildman–Crippen LogP) is 0.252. The number of rotatable bonds is 5. The molecule has 98 valence electrons. The van der Waals surface area contributed by atoms with Crippen molar-refractivity contribution >= 4 is 15.5 Å². The zero-order chi connectivity index (χ0) is 13.2. The minimum atomic E-state index is -2.96. The lowest BCUT2D eigenvalue weighted by Crippen LogP contribution is -2.32. The van der Waals surface area contributed by atoms with Gasteiger partial charge >= 0.3 is 0 Å². The lowest BCUT2D eigenvalue weighted by atomic mass is 10.4. The average molecular weight is 268 g/mol. The van der Waals surface area contributed by atoms with E-state index in [4.69, 9.17) is 0 Å². The van der Waals surface area contributed by atoms with Gasteiger partial charge in [0.15, 0.2) is 11.5 Å². The Bertz CT molecular complexity index is 635. The van der Waals surface area contributed by atoms with Gasteiger partial charge in [-0.3, -0.25) is 4.40 Å². The molecule has 6 nitrogen and oxygen atoms in total. The molecule has 0 radical (unpaired) electrons. The smallest absolute Gasteiger partial charge is 0.160 e. The van der Waals surface area contributed by atoms with Crippen LogP contribution in [0.4, 0.5) is 0 Å². The van der Waals surface area contributed by atoms with Crippen molar-refractivity contribution in [2.45, 2.75) is 19.5 Å². The largest absolute Gasteiger partial charge is 0.306 e. The zero-order valence-electron chi connectivity index (χ0n) is 10.4. The summed E-state index contributed by atoms with van der Waals surface area (Å²) >= 11 is 0. The Morgan fingerprint density at radius 2 is 2.17 bits per heavy atom. The summed E-state index contributed by atoms with van der Waals surface area (Å²) in [7, 11) is -2.96. The molecule has 0 saturated carbocycles. The summed E-state index contributed by atoms with van der Waals surface area (Å²) in [5.74, 6) is 0.884. The summed E-state index contributed by atoms with van der Waals surface area (Å²) in [5.41, 5.74) is 0.782. The molecule has 2 heterocycles. The van der Waals surface area contributed by atoms with Crippen LogP contribution in [0.3, 0.4) is 0 Å². The topological polar surface area (TPSA) is 76.4 Å². The number of hydrogen-bond donors (Lipinski definition) is 1. The third kappa shape index (κ3) is 3.27. The maximum absolute atomic E-state index is 11.1. The molecule has 1 unspecified atom stereocenters. The van der Waals surface area contributed by atoms with Gasteiger partial charge in [-0.25, -0.2) is 8.42 Å². The van der Waals surface area contributed by atoms with Crippen molar-refractivity contribution in [1.82, 2.24) is 19.9 Å². The number of aromatic nitrogens is 3. The van der Waals surface area contributed by atoms with Crippen molar-refractivity contribution in [1.29, 1.82) is 0 Å². The fourth-order valence-corrected chi connectivity index (χ4v) is 2.82. The van der Waals surface area contributed by atoms with Gasteiger partial charge in [0.05, 0.1) is 12.3 Å². The van der Waals surface area contributed by atoms with Gasteiger partial charge in [0.2, 0.25) is 0 Å². The van der Waals surface area contributed by atoms with Crippen LogP contribution < -0.4 is 5.32 Å². The third-order valence-electron chi connectivity index (χ3n) is 2.55. The van der Waals surface area contributed by atoms with Crippen LogP contribution in [0, 0.1) is 0 Å².